The minimum Gasteiger partial charge on any atom is -0.457 e. The first-order valence-electron chi connectivity index (χ1n) is 8.57. The lowest BCUT2D eigenvalue weighted by molar-refractivity contribution is -0.171. The number of hydrogen-bond acceptors (Lipinski definition) is 3. The van der Waals surface area contributed by atoms with Gasteiger partial charge in [-0.15, -0.1) is 0 Å². The molecule has 4 nitrogen and oxygen atoms in total. The minimum absolute atomic E-state index is 0.122. The van der Waals surface area contributed by atoms with Gasteiger partial charge in [-0.2, -0.15) is 13.2 Å². The van der Waals surface area contributed by atoms with E-state index in [-0.39, 0.29) is 18.7 Å². The number of nitrogens with one attached hydrogen (secondary N) is 1. The Bertz CT molecular complexity index is 743. The standard InChI is InChI=1S/C20H20F3NO3/c21-20(22,23)18(25)9-5-2-6-10-19(26)24-15-11-13-17(14-12-15)27-16-7-3-1-4-8-16/h1,3-4,7-8,11-14H,2,5-6,9-10H2,(H,24,26). The number of halogens is 3. The van der Waals surface area contributed by atoms with Crippen LogP contribution in [0.1, 0.15) is 32.1 Å². The maximum Gasteiger partial charge on any atom is 0.449 e. The van der Waals surface area contributed by atoms with Gasteiger partial charge in [0.1, 0.15) is 11.5 Å². The highest BCUT2D eigenvalue weighted by Gasteiger charge is 2.36. The number of amides is 1. The van der Waals surface area contributed by atoms with Crippen LogP contribution in [0, 0.1) is 0 Å². The summed E-state index contributed by atoms with van der Waals surface area (Å²) in [5.74, 6) is -0.606. The predicted molar refractivity (Wildman–Crippen MR) is 95.7 cm³/mol. The van der Waals surface area contributed by atoms with E-state index in [9.17, 15) is 22.8 Å². The quantitative estimate of drug-likeness (QED) is 0.586. The molecule has 0 spiro atoms. The van der Waals surface area contributed by atoms with Crippen molar-refractivity contribution < 1.29 is 27.5 Å². The topological polar surface area (TPSA) is 55.4 Å². The summed E-state index contributed by atoms with van der Waals surface area (Å²) in [4.78, 5) is 22.6. The molecule has 0 aliphatic heterocycles. The van der Waals surface area contributed by atoms with E-state index in [1.54, 1.807) is 24.3 Å². The lowest BCUT2D eigenvalue weighted by atomic mass is 10.1. The second-order valence-electron chi connectivity index (χ2n) is 5.97. The molecule has 0 fully saturated rings. The van der Waals surface area contributed by atoms with Crippen molar-refractivity contribution in [3.63, 3.8) is 0 Å². The van der Waals surface area contributed by atoms with Crippen LogP contribution in [0.2, 0.25) is 0 Å². The lowest BCUT2D eigenvalue weighted by Crippen LogP contribution is -2.22. The van der Waals surface area contributed by atoms with Gasteiger partial charge in [-0.25, -0.2) is 0 Å². The average molecular weight is 379 g/mol. The van der Waals surface area contributed by atoms with Gasteiger partial charge < -0.3 is 10.1 Å². The molecule has 0 saturated carbocycles. The van der Waals surface area contributed by atoms with Crippen molar-refractivity contribution in [2.75, 3.05) is 5.32 Å². The number of Topliss-reactive ketones (excluding diaryl/α,β-unsaturated/α-hetero) is 1. The van der Waals surface area contributed by atoms with Crippen molar-refractivity contribution >= 4 is 17.4 Å². The summed E-state index contributed by atoms with van der Waals surface area (Å²) < 4.78 is 41.8. The van der Waals surface area contributed by atoms with Gasteiger partial charge in [-0.05, 0) is 49.2 Å². The summed E-state index contributed by atoms with van der Waals surface area (Å²) >= 11 is 0. The summed E-state index contributed by atoms with van der Waals surface area (Å²) in [6.45, 7) is 0. The van der Waals surface area contributed by atoms with E-state index in [0.717, 1.165) is 0 Å². The molecule has 0 aromatic heterocycles. The van der Waals surface area contributed by atoms with E-state index in [1.165, 1.54) is 0 Å². The van der Waals surface area contributed by atoms with Gasteiger partial charge in [-0.3, -0.25) is 9.59 Å². The molecule has 27 heavy (non-hydrogen) atoms. The van der Waals surface area contributed by atoms with Crippen LogP contribution in [-0.4, -0.2) is 17.9 Å². The van der Waals surface area contributed by atoms with Crippen molar-refractivity contribution in [1.29, 1.82) is 0 Å². The zero-order valence-corrected chi connectivity index (χ0v) is 14.6. The van der Waals surface area contributed by atoms with Crippen LogP contribution in [0.5, 0.6) is 11.5 Å². The van der Waals surface area contributed by atoms with E-state index in [0.29, 0.717) is 30.0 Å². The smallest absolute Gasteiger partial charge is 0.449 e. The fourth-order valence-corrected chi connectivity index (χ4v) is 2.34. The second kappa shape index (κ2) is 9.75. The molecule has 2 aromatic rings. The fraction of sp³-hybridized carbons (Fsp3) is 0.300. The highest BCUT2D eigenvalue weighted by molar-refractivity contribution is 5.90. The Labute approximate surface area is 155 Å². The van der Waals surface area contributed by atoms with E-state index in [1.807, 2.05) is 30.3 Å². The number of benzene rings is 2. The molecule has 0 heterocycles. The number of ketones is 1. The molecule has 2 rings (SSSR count). The minimum atomic E-state index is -4.77. The van der Waals surface area contributed by atoms with Crippen molar-refractivity contribution in [2.45, 2.75) is 38.3 Å². The van der Waals surface area contributed by atoms with Crippen molar-refractivity contribution in [1.82, 2.24) is 0 Å². The number of ether oxygens (including phenoxy) is 1. The van der Waals surface area contributed by atoms with Gasteiger partial charge >= 0.3 is 6.18 Å². The molecular weight excluding hydrogens is 359 g/mol. The van der Waals surface area contributed by atoms with Crippen LogP contribution in [0.4, 0.5) is 18.9 Å². The number of rotatable bonds is 9. The molecule has 0 bridgehead atoms. The van der Waals surface area contributed by atoms with Gasteiger partial charge in [-0.1, -0.05) is 24.6 Å². The first-order valence-corrected chi connectivity index (χ1v) is 8.57. The van der Waals surface area contributed by atoms with Gasteiger partial charge in [0.25, 0.3) is 0 Å². The molecule has 0 aliphatic rings. The molecule has 1 N–H and O–H groups in total. The van der Waals surface area contributed by atoms with E-state index < -0.39 is 18.4 Å². The maximum absolute atomic E-state index is 12.1. The molecule has 1 amide bonds. The van der Waals surface area contributed by atoms with Crippen LogP contribution in [0.3, 0.4) is 0 Å². The van der Waals surface area contributed by atoms with Crippen molar-refractivity contribution in [2.24, 2.45) is 0 Å². The molecule has 144 valence electrons. The zero-order chi connectivity index (χ0) is 19.7. The largest absolute Gasteiger partial charge is 0.457 e. The average Bonchev–Trinajstić information content (AvgIpc) is 2.63. The Hall–Kier alpha value is -2.83. The molecule has 0 aliphatic carbocycles. The third-order valence-electron chi connectivity index (χ3n) is 3.74. The Morgan fingerprint density at radius 3 is 2.04 bits per heavy atom. The summed E-state index contributed by atoms with van der Waals surface area (Å²) in [5, 5.41) is 2.72. The normalized spacial score (nSPS) is 11.1. The summed E-state index contributed by atoms with van der Waals surface area (Å²) in [7, 11) is 0. The van der Waals surface area contributed by atoms with Gasteiger partial charge in [0.05, 0.1) is 0 Å². The first kappa shape index (κ1) is 20.5. The van der Waals surface area contributed by atoms with E-state index >= 15 is 0 Å². The summed E-state index contributed by atoms with van der Waals surface area (Å²) in [6.07, 6.45) is -4.19. The number of carbonyl (C=O) groups is 2. The Kier molecular flexibility index (Phi) is 7.40. The van der Waals surface area contributed by atoms with Crippen LogP contribution >= 0.6 is 0 Å². The lowest BCUT2D eigenvalue weighted by Gasteiger charge is -2.08. The van der Waals surface area contributed by atoms with Gasteiger partial charge in [0, 0.05) is 18.5 Å². The predicted octanol–water partition coefficient (Wildman–Crippen LogP) is 5.50. The molecule has 0 saturated heterocycles. The monoisotopic (exact) mass is 379 g/mol. The SMILES string of the molecule is O=C(CCCCCC(=O)C(F)(F)F)Nc1ccc(Oc2ccccc2)cc1. The Balaban J connectivity index is 1.67. The zero-order valence-electron chi connectivity index (χ0n) is 14.6. The molecule has 7 heteroatoms. The molecule has 0 unspecified atom stereocenters. The second-order valence-corrected chi connectivity index (χ2v) is 5.97. The molecule has 2 aromatic carbocycles. The fourth-order valence-electron chi connectivity index (χ4n) is 2.34. The maximum atomic E-state index is 12.1. The first-order chi connectivity index (χ1) is 12.8. The third-order valence-corrected chi connectivity index (χ3v) is 3.74. The van der Waals surface area contributed by atoms with Crippen LogP contribution < -0.4 is 10.1 Å². The van der Waals surface area contributed by atoms with Crippen LogP contribution in [-0.2, 0) is 9.59 Å². The number of alkyl halides is 3. The number of para-hydroxylation sites is 1. The molecule has 0 radical (unpaired) electrons. The van der Waals surface area contributed by atoms with Gasteiger partial charge in [0.15, 0.2) is 0 Å². The van der Waals surface area contributed by atoms with E-state index in [2.05, 4.69) is 5.32 Å². The Morgan fingerprint density at radius 1 is 0.815 bits per heavy atom. The van der Waals surface area contributed by atoms with Crippen LogP contribution in [0.25, 0.3) is 0 Å². The Morgan fingerprint density at radius 2 is 1.41 bits per heavy atom. The molecular formula is C20H20F3NO3. The van der Waals surface area contributed by atoms with Crippen molar-refractivity contribution in [3.05, 3.63) is 54.6 Å². The number of hydrogen-bond donors (Lipinski definition) is 1. The third kappa shape index (κ3) is 7.52. The number of anilines is 1. The summed E-state index contributed by atoms with van der Waals surface area (Å²) in [5.41, 5.74) is 0.604. The van der Waals surface area contributed by atoms with E-state index in [4.69, 9.17) is 4.74 Å². The van der Waals surface area contributed by atoms with Crippen molar-refractivity contribution in [3.8, 4) is 11.5 Å². The number of unbranched alkanes of at least 4 members (excludes halogenated alkanes) is 2. The highest BCUT2D eigenvalue weighted by Crippen LogP contribution is 2.23. The van der Waals surface area contributed by atoms with Gasteiger partial charge in [0.2, 0.25) is 11.7 Å². The summed E-state index contributed by atoms with van der Waals surface area (Å²) in [6, 6.07) is 16.1. The molecule has 0 atom stereocenters. The highest BCUT2D eigenvalue weighted by atomic mass is 19.4. The number of carbonyl (C=O) groups excluding carboxylic acids is 2. The van der Waals surface area contributed by atoms with Crippen LogP contribution in [0.15, 0.2) is 54.6 Å².